The quantitative estimate of drug-likeness (QED) is 0.179. The summed E-state index contributed by atoms with van der Waals surface area (Å²) in [6.07, 6.45) is 0. The molecule has 0 bridgehead atoms. The van der Waals surface area contributed by atoms with Gasteiger partial charge in [-0.3, -0.25) is 0 Å². The third-order valence-corrected chi connectivity index (χ3v) is 11.2. The van der Waals surface area contributed by atoms with Gasteiger partial charge >= 0.3 is 0 Å². The highest BCUT2D eigenvalue weighted by Gasteiger charge is 2.52. The number of nitrogens with zero attached hydrogens (tertiary/aromatic N) is 1. The molecule has 1 nitrogen and oxygen atoms in total. The average molecular weight is 689 g/mol. The molecule has 0 unspecified atom stereocenters. The van der Waals surface area contributed by atoms with E-state index in [0.717, 1.165) is 10.2 Å². The van der Waals surface area contributed by atoms with Crippen molar-refractivity contribution in [1.29, 1.82) is 0 Å². The minimum Gasteiger partial charge on any atom is -0.309 e. The van der Waals surface area contributed by atoms with Gasteiger partial charge in [0.2, 0.25) is 0 Å². The van der Waals surface area contributed by atoms with Crippen molar-refractivity contribution in [1.82, 2.24) is 0 Å². The second-order valence-corrected chi connectivity index (χ2v) is 13.8. The van der Waals surface area contributed by atoms with Crippen molar-refractivity contribution in [2.24, 2.45) is 0 Å². The second kappa shape index (κ2) is 10.9. The Bertz CT molecular complexity index is 2430. The molecule has 0 atom stereocenters. The largest absolute Gasteiger partial charge is 0.309 e. The van der Waals surface area contributed by atoms with Crippen molar-refractivity contribution >= 4 is 43.8 Å². The number of anilines is 3. The minimum absolute atomic E-state index is 0.536. The Balaban J connectivity index is 1.39. The Kier molecular flexibility index (Phi) is 6.31. The standard InChI is InChI=1S/C47H30BrN/c48-42-23-11-17-33-18-12-24-45(46(33)42)49-43-27-25-34(31-13-3-1-4-14-31)29-40(43)47(38-21-9-7-19-36(38)37-20-8-10-22-39(37)47)41-30-35(26-28-44(41)49)32-15-5-2-6-16-32/h1-30H. The van der Waals surface area contributed by atoms with Gasteiger partial charge in [-0.1, -0.05) is 162 Å². The van der Waals surface area contributed by atoms with Crippen molar-refractivity contribution in [3.8, 4) is 33.4 Å². The third kappa shape index (κ3) is 4.05. The summed E-state index contributed by atoms with van der Waals surface area (Å²) in [6, 6.07) is 67.1. The van der Waals surface area contributed by atoms with E-state index in [1.807, 2.05) is 0 Å². The fourth-order valence-electron chi connectivity index (χ4n) is 8.50. The van der Waals surface area contributed by atoms with Gasteiger partial charge in [0.15, 0.2) is 0 Å². The van der Waals surface area contributed by atoms with Gasteiger partial charge in [-0.15, -0.1) is 0 Å². The molecule has 1 aliphatic heterocycles. The van der Waals surface area contributed by atoms with Gasteiger partial charge in [0.25, 0.3) is 0 Å². The van der Waals surface area contributed by atoms with Crippen LogP contribution in [-0.4, -0.2) is 0 Å². The van der Waals surface area contributed by atoms with Crippen LogP contribution >= 0.6 is 15.9 Å². The van der Waals surface area contributed by atoms with Gasteiger partial charge < -0.3 is 4.90 Å². The minimum atomic E-state index is -0.536. The summed E-state index contributed by atoms with van der Waals surface area (Å²) in [5.74, 6) is 0. The van der Waals surface area contributed by atoms with Crippen molar-refractivity contribution in [3.63, 3.8) is 0 Å². The van der Waals surface area contributed by atoms with E-state index in [-0.39, 0.29) is 0 Å². The molecule has 0 radical (unpaired) electrons. The zero-order valence-electron chi connectivity index (χ0n) is 26.6. The predicted octanol–water partition coefficient (Wildman–Crippen LogP) is 13.1. The van der Waals surface area contributed by atoms with Crippen molar-refractivity contribution in [3.05, 3.63) is 209 Å². The van der Waals surface area contributed by atoms with E-state index in [1.165, 1.54) is 77.8 Å². The predicted molar refractivity (Wildman–Crippen MR) is 208 cm³/mol. The van der Waals surface area contributed by atoms with Crippen LogP contribution in [0.25, 0.3) is 44.2 Å². The fourth-order valence-corrected chi connectivity index (χ4v) is 9.08. The summed E-state index contributed by atoms with van der Waals surface area (Å²) in [5, 5.41) is 2.40. The normalized spacial score (nSPS) is 13.5. The van der Waals surface area contributed by atoms with Gasteiger partial charge in [0.05, 0.1) is 22.5 Å². The molecule has 2 heteroatoms. The molecule has 1 heterocycles. The van der Waals surface area contributed by atoms with Crippen LogP contribution in [-0.2, 0) is 5.41 Å². The summed E-state index contributed by atoms with van der Waals surface area (Å²) < 4.78 is 1.09. The molecule has 0 saturated carbocycles. The van der Waals surface area contributed by atoms with Crippen molar-refractivity contribution < 1.29 is 0 Å². The molecule has 8 aromatic carbocycles. The fraction of sp³-hybridized carbons (Fsp3) is 0.0213. The number of hydrogen-bond acceptors (Lipinski definition) is 1. The van der Waals surface area contributed by atoms with Crippen molar-refractivity contribution in [2.75, 3.05) is 4.90 Å². The first-order chi connectivity index (χ1) is 24.2. The summed E-state index contributed by atoms with van der Waals surface area (Å²) in [6.45, 7) is 0. The summed E-state index contributed by atoms with van der Waals surface area (Å²) in [7, 11) is 0. The van der Waals surface area contributed by atoms with E-state index in [4.69, 9.17) is 0 Å². The molecular formula is C47H30BrN. The molecule has 10 rings (SSSR count). The second-order valence-electron chi connectivity index (χ2n) is 13.0. The number of fused-ring (bicyclic) bond motifs is 10. The van der Waals surface area contributed by atoms with Crippen LogP contribution in [0.5, 0.6) is 0 Å². The Morgan fingerprint density at radius 3 is 1.41 bits per heavy atom. The smallest absolute Gasteiger partial charge is 0.0754 e. The zero-order chi connectivity index (χ0) is 32.5. The Hall–Kier alpha value is -5.70. The molecule has 8 aromatic rings. The van der Waals surface area contributed by atoms with E-state index >= 15 is 0 Å². The molecule has 1 spiro atoms. The molecule has 0 saturated heterocycles. The number of halogens is 1. The lowest BCUT2D eigenvalue weighted by Crippen LogP contribution is -2.36. The van der Waals surface area contributed by atoms with E-state index in [1.54, 1.807) is 0 Å². The van der Waals surface area contributed by atoms with Crippen LogP contribution in [0, 0.1) is 0 Å². The summed E-state index contributed by atoms with van der Waals surface area (Å²) in [4.78, 5) is 2.51. The molecule has 0 fully saturated rings. The topological polar surface area (TPSA) is 3.24 Å². The van der Waals surface area contributed by atoms with Gasteiger partial charge in [-0.25, -0.2) is 0 Å². The molecule has 0 amide bonds. The number of hydrogen-bond donors (Lipinski definition) is 0. The lowest BCUT2D eigenvalue weighted by molar-refractivity contribution is 0.753. The maximum atomic E-state index is 3.95. The Morgan fingerprint density at radius 2 is 0.857 bits per heavy atom. The maximum Gasteiger partial charge on any atom is 0.0754 e. The zero-order valence-corrected chi connectivity index (χ0v) is 28.2. The average Bonchev–Trinajstić information content (AvgIpc) is 3.46. The molecule has 2 aliphatic rings. The Labute approximate surface area is 294 Å². The van der Waals surface area contributed by atoms with E-state index in [9.17, 15) is 0 Å². The molecular weight excluding hydrogens is 658 g/mol. The van der Waals surface area contributed by atoms with E-state index in [2.05, 4.69) is 203 Å². The lowest BCUT2D eigenvalue weighted by Gasteiger charge is -2.45. The number of rotatable bonds is 3. The van der Waals surface area contributed by atoms with Crippen molar-refractivity contribution in [2.45, 2.75) is 5.41 Å². The van der Waals surface area contributed by atoms with Crippen LogP contribution in [0.3, 0.4) is 0 Å². The van der Waals surface area contributed by atoms with E-state index < -0.39 is 5.41 Å². The molecule has 49 heavy (non-hydrogen) atoms. The van der Waals surface area contributed by atoms with Crippen LogP contribution in [0.15, 0.2) is 186 Å². The van der Waals surface area contributed by atoms with Crippen LogP contribution in [0.2, 0.25) is 0 Å². The van der Waals surface area contributed by atoms with Crippen LogP contribution in [0.1, 0.15) is 22.3 Å². The summed E-state index contributed by atoms with van der Waals surface area (Å²) in [5.41, 5.74) is 15.7. The molecule has 230 valence electrons. The lowest BCUT2D eigenvalue weighted by atomic mass is 9.64. The first-order valence-corrected chi connectivity index (χ1v) is 17.6. The van der Waals surface area contributed by atoms with Gasteiger partial charge in [-0.05, 0) is 97.4 Å². The van der Waals surface area contributed by atoms with Crippen LogP contribution < -0.4 is 4.90 Å². The monoisotopic (exact) mass is 687 g/mol. The first-order valence-electron chi connectivity index (χ1n) is 16.8. The van der Waals surface area contributed by atoms with Crippen LogP contribution in [0.4, 0.5) is 17.1 Å². The highest BCUT2D eigenvalue weighted by Crippen LogP contribution is 2.64. The molecule has 0 N–H and O–H groups in total. The SMILES string of the molecule is Brc1cccc2cccc(N3c4ccc(-c5ccccc5)cc4C4(c5ccccc5-c5ccccc54)c4cc(-c5ccccc5)ccc43)c12. The Morgan fingerprint density at radius 1 is 0.367 bits per heavy atom. The summed E-state index contributed by atoms with van der Waals surface area (Å²) >= 11 is 3.95. The van der Waals surface area contributed by atoms with Gasteiger partial charge in [0.1, 0.15) is 0 Å². The highest BCUT2D eigenvalue weighted by atomic mass is 79.9. The highest BCUT2D eigenvalue weighted by molar-refractivity contribution is 9.10. The molecule has 1 aliphatic carbocycles. The van der Waals surface area contributed by atoms with Gasteiger partial charge in [0, 0.05) is 9.86 Å². The maximum absolute atomic E-state index is 3.95. The number of benzene rings is 8. The third-order valence-electron chi connectivity index (χ3n) is 10.5. The van der Waals surface area contributed by atoms with Gasteiger partial charge in [-0.2, -0.15) is 0 Å². The molecule has 0 aromatic heterocycles. The first kappa shape index (κ1) is 28.3. The van der Waals surface area contributed by atoms with E-state index in [0.29, 0.717) is 0 Å².